The minimum Gasteiger partial charge on any atom is -0.479 e. The largest absolute Gasteiger partial charge is 0.479 e. The second-order valence-corrected chi connectivity index (χ2v) is 10.0. The van der Waals surface area contributed by atoms with Gasteiger partial charge >= 0.3 is 5.97 Å². The Morgan fingerprint density at radius 2 is 1.85 bits per heavy atom. The average Bonchev–Trinajstić information content (AvgIpc) is 2.90. The summed E-state index contributed by atoms with van der Waals surface area (Å²) in [4.78, 5) is 23.8. The molecule has 1 N–H and O–H groups in total. The number of amides is 1. The molecule has 1 saturated heterocycles. The Balaban J connectivity index is 1.77. The van der Waals surface area contributed by atoms with Gasteiger partial charge in [-0.15, -0.1) is 0 Å². The summed E-state index contributed by atoms with van der Waals surface area (Å²) in [7, 11) is -3.08. The zero-order chi connectivity index (χ0) is 20.2. The van der Waals surface area contributed by atoms with Crippen LogP contribution in [0.15, 0.2) is 24.3 Å². The van der Waals surface area contributed by atoms with E-state index in [1.54, 1.807) is 19.1 Å². The van der Waals surface area contributed by atoms with Gasteiger partial charge in [-0.3, -0.25) is 4.79 Å². The molecule has 0 bridgehead atoms. The van der Waals surface area contributed by atoms with Crippen LogP contribution in [0, 0.1) is 0 Å². The average molecular weight is 397 g/mol. The quantitative estimate of drug-likeness (QED) is 0.732. The molecule has 1 aromatic rings. The fraction of sp³-hybridized carbons (Fsp3) is 0.579. The third-order valence-corrected chi connectivity index (χ3v) is 6.08. The van der Waals surface area contributed by atoms with Gasteiger partial charge in [0.15, 0.2) is 22.5 Å². The fourth-order valence-electron chi connectivity index (χ4n) is 2.72. The number of rotatable bonds is 6. The molecule has 0 aliphatic carbocycles. The van der Waals surface area contributed by atoms with Crippen LogP contribution < -0.4 is 10.1 Å². The molecule has 8 heteroatoms. The van der Waals surface area contributed by atoms with Gasteiger partial charge in [-0.05, 0) is 36.5 Å². The molecule has 27 heavy (non-hydrogen) atoms. The summed E-state index contributed by atoms with van der Waals surface area (Å²) in [5.74, 6) is -0.655. The Hall–Kier alpha value is -2.09. The van der Waals surface area contributed by atoms with E-state index in [-0.39, 0.29) is 16.9 Å². The Morgan fingerprint density at radius 1 is 1.22 bits per heavy atom. The van der Waals surface area contributed by atoms with Crippen molar-refractivity contribution in [3.63, 3.8) is 0 Å². The predicted octanol–water partition coefficient (Wildman–Crippen LogP) is 1.60. The van der Waals surface area contributed by atoms with Gasteiger partial charge < -0.3 is 14.8 Å². The van der Waals surface area contributed by atoms with Gasteiger partial charge in [0.1, 0.15) is 5.75 Å². The van der Waals surface area contributed by atoms with Crippen LogP contribution in [0.2, 0.25) is 0 Å². The maximum atomic E-state index is 12.0. The second-order valence-electron chi connectivity index (χ2n) is 7.81. The van der Waals surface area contributed by atoms with Crippen molar-refractivity contribution in [2.24, 2.45) is 0 Å². The first-order valence-corrected chi connectivity index (χ1v) is 10.7. The molecular formula is C19H27NO6S. The topological polar surface area (TPSA) is 98.8 Å². The number of hydrogen-bond donors (Lipinski definition) is 1. The lowest BCUT2D eigenvalue weighted by Gasteiger charge is -2.20. The highest BCUT2D eigenvalue weighted by Crippen LogP contribution is 2.24. The number of hydrogen-bond acceptors (Lipinski definition) is 6. The summed E-state index contributed by atoms with van der Waals surface area (Å²) in [5, 5.41) is 2.56. The SMILES string of the molecule is C[C@@H](Oc1ccc(C(C)(C)C)cc1)C(=O)OCC(=O)N[C@@H]1CCS(=O)(=O)C1. The number of ether oxygens (including phenoxy) is 2. The Bertz CT molecular complexity index is 779. The van der Waals surface area contributed by atoms with E-state index in [0.717, 1.165) is 5.56 Å². The van der Waals surface area contributed by atoms with Crippen LogP contribution in [0.5, 0.6) is 5.75 Å². The normalized spacial score (nSPS) is 19.9. The van der Waals surface area contributed by atoms with Crippen LogP contribution in [0.4, 0.5) is 0 Å². The molecule has 1 fully saturated rings. The van der Waals surface area contributed by atoms with E-state index in [4.69, 9.17) is 9.47 Å². The summed E-state index contributed by atoms with van der Waals surface area (Å²) in [5.41, 5.74) is 1.17. The lowest BCUT2D eigenvalue weighted by molar-refractivity contribution is -0.154. The van der Waals surface area contributed by atoms with Crippen molar-refractivity contribution in [3.05, 3.63) is 29.8 Å². The molecule has 1 amide bonds. The molecule has 1 aliphatic heterocycles. The van der Waals surface area contributed by atoms with Crippen LogP contribution in [-0.2, 0) is 29.6 Å². The Labute approximate surface area is 160 Å². The molecule has 0 radical (unpaired) electrons. The van der Waals surface area contributed by atoms with E-state index in [0.29, 0.717) is 12.2 Å². The number of benzene rings is 1. The Kier molecular flexibility index (Phi) is 6.51. The van der Waals surface area contributed by atoms with E-state index in [1.165, 1.54) is 0 Å². The van der Waals surface area contributed by atoms with Crippen molar-refractivity contribution in [1.29, 1.82) is 0 Å². The maximum absolute atomic E-state index is 12.0. The minimum absolute atomic E-state index is 0.0229. The van der Waals surface area contributed by atoms with E-state index >= 15 is 0 Å². The van der Waals surface area contributed by atoms with E-state index in [2.05, 4.69) is 26.1 Å². The number of carbonyl (C=O) groups excluding carboxylic acids is 2. The van der Waals surface area contributed by atoms with Gasteiger partial charge in [0.25, 0.3) is 5.91 Å². The molecule has 1 heterocycles. The van der Waals surface area contributed by atoms with E-state index in [9.17, 15) is 18.0 Å². The summed E-state index contributed by atoms with van der Waals surface area (Å²) in [6, 6.07) is 7.04. The number of carbonyl (C=O) groups is 2. The Morgan fingerprint density at radius 3 is 2.37 bits per heavy atom. The summed E-state index contributed by atoms with van der Waals surface area (Å²) in [6.45, 7) is 7.40. The lowest BCUT2D eigenvalue weighted by atomic mass is 9.87. The van der Waals surface area contributed by atoms with Crippen LogP contribution in [0.25, 0.3) is 0 Å². The summed E-state index contributed by atoms with van der Waals surface area (Å²) >= 11 is 0. The monoisotopic (exact) mass is 397 g/mol. The molecule has 0 spiro atoms. The predicted molar refractivity (Wildman–Crippen MR) is 101 cm³/mol. The van der Waals surface area contributed by atoms with Gasteiger partial charge in [0, 0.05) is 6.04 Å². The van der Waals surface area contributed by atoms with Crippen molar-refractivity contribution in [2.75, 3.05) is 18.1 Å². The maximum Gasteiger partial charge on any atom is 0.347 e. The van der Waals surface area contributed by atoms with Crippen molar-refractivity contribution >= 4 is 21.7 Å². The molecule has 150 valence electrons. The third kappa shape index (κ3) is 6.53. The van der Waals surface area contributed by atoms with Gasteiger partial charge in [-0.1, -0.05) is 32.9 Å². The molecular weight excluding hydrogens is 370 g/mol. The molecule has 1 aromatic carbocycles. The van der Waals surface area contributed by atoms with E-state index < -0.39 is 40.5 Å². The number of esters is 1. The van der Waals surface area contributed by atoms with Crippen LogP contribution in [-0.4, -0.2) is 50.6 Å². The lowest BCUT2D eigenvalue weighted by Crippen LogP contribution is -2.39. The molecule has 0 aromatic heterocycles. The molecule has 2 atom stereocenters. The van der Waals surface area contributed by atoms with Crippen molar-refractivity contribution in [3.8, 4) is 5.75 Å². The molecule has 2 rings (SSSR count). The van der Waals surface area contributed by atoms with Crippen LogP contribution >= 0.6 is 0 Å². The van der Waals surface area contributed by atoms with Crippen molar-refractivity contribution in [1.82, 2.24) is 5.32 Å². The van der Waals surface area contributed by atoms with Gasteiger partial charge in [0.05, 0.1) is 11.5 Å². The van der Waals surface area contributed by atoms with Gasteiger partial charge in [-0.2, -0.15) is 0 Å². The first-order chi connectivity index (χ1) is 12.5. The van der Waals surface area contributed by atoms with Crippen molar-refractivity contribution in [2.45, 2.75) is 51.7 Å². The minimum atomic E-state index is -3.08. The molecule has 7 nitrogen and oxygen atoms in total. The smallest absolute Gasteiger partial charge is 0.347 e. The standard InChI is InChI=1S/C19H27NO6S/c1-13(26-16-7-5-14(6-8-16)19(2,3)4)18(22)25-11-17(21)20-15-9-10-27(23,24)12-15/h5-8,13,15H,9-12H2,1-4H3,(H,20,21)/t13-,15-/m1/s1. The fourth-order valence-corrected chi connectivity index (χ4v) is 4.39. The van der Waals surface area contributed by atoms with Crippen molar-refractivity contribution < 1.29 is 27.5 Å². The zero-order valence-corrected chi connectivity index (χ0v) is 17.0. The first kappa shape index (κ1) is 21.2. The highest BCUT2D eigenvalue weighted by Gasteiger charge is 2.29. The second kappa shape index (κ2) is 8.29. The third-order valence-electron chi connectivity index (χ3n) is 4.31. The summed E-state index contributed by atoms with van der Waals surface area (Å²) in [6.07, 6.45) is -0.489. The van der Waals surface area contributed by atoms with Gasteiger partial charge in [-0.25, -0.2) is 13.2 Å². The number of nitrogens with one attached hydrogen (secondary N) is 1. The first-order valence-electron chi connectivity index (χ1n) is 8.90. The van der Waals surface area contributed by atoms with Crippen LogP contribution in [0.3, 0.4) is 0 Å². The highest BCUT2D eigenvalue weighted by atomic mass is 32.2. The van der Waals surface area contributed by atoms with Gasteiger partial charge in [0.2, 0.25) is 0 Å². The zero-order valence-electron chi connectivity index (χ0n) is 16.2. The molecule has 0 unspecified atom stereocenters. The molecule has 0 saturated carbocycles. The van der Waals surface area contributed by atoms with E-state index in [1.807, 2.05) is 12.1 Å². The summed E-state index contributed by atoms with van der Waals surface area (Å²) < 4.78 is 33.3. The number of sulfone groups is 1. The molecule has 1 aliphatic rings. The highest BCUT2D eigenvalue weighted by molar-refractivity contribution is 7.91. The van der Waals surface area contributed by atoms with Crippen LogP contribution in [0.1, 0.15) is 39.7 Å².